The Labute approximate surface area is 174 Å². The largest absolute Gasteiger partial charge is 0.452 e. The molecule has 30 heavy (non-hydrogen) atoms. The zero-order valence-electron chi connectivity index (χ0n) is 16.6. The molecule has 10 heteroatoms. The number of nitrogens with one attached hydrogen (secondary N) is 3. The van der Waals surface area contributed by atoms with Crippen molar-refractivity contribution in [2.24, 2.45) is 0 Å². The highest BCUT2D eigenvalue weighted by molar-refractivity contribution is 7.92. The lowest BCUT2D eigenvalue weighted by Gasteiger charge is -2.09. The number of carbonyl (C=O) groups is 3. The van der Waals surface area contributed by atoms with Crippen molar-refractivity contribution in [2.75, 3.05) is 17.9 Å². The second-order valence-corrected chi connectivity index (χ2v) is 8.06. The summed E-state index contributed by atoms with van der Waals surface area (Å²) in [6, 6.07) is 11.2. The molecule has 160 valence electrons. The van der Waals surface area contributed by atoms with Crippen molar-refractivity contribution in [3.05, 3.63) is 59.7 Å². The van der Waals surface area contributed by atoms with Gasteiger partial charge in [-0.15, -0.1) is 0 Å². The summed E-state index contributed by atoms with van der Waals surface area (Å²) < 4.78 is 32.2. The third kappa shape index (κ3) is 6.89. The quantitative estimate of drug-likeness (QED) is 0.547. The number of rotatable bonds is 8. The van der Waals surface area contributed by atoms with E-state index in [1.54, 1.807) is 24.3 Å². The monoisotopic (exact) mass is 433 g/mol. The number of urea groups is 1. The molecule has 0 aliphatic carbocycles. The van der Waals surface area contributed by atoms with Gasteiger partial charge in [0, 0.05) is 12.2 Å². The fraction of sp³-hybridized carbons (Fsp3) is 0.250. The summed E-state index contributed by atoms with van der Waals surface area (Å²) in [5.74, 6) is -1.60. The fourth-order valence-corrected chi connectivity index (χ4v) is 3.32. The number of esters is 1. The highest BCUT2D eigenvalue weighted by Gasteiger charge is 2.17. The van der Waals surface area contributed by atoms with Crippen LogP contribution in [0.3, 0.4) is 0 Å². The number of ether oxygens (including phenoxy) is 1. The minimum absolute atomic E-state index is 0.0371. The van der Waals surface area contributed by atoms with E-state index in [2.05, 4.69) is 10.0 Å². The summed E-state index contributed by atoms with van der Waals surface area (Å²) in [7, 11) is -3.83. The SMILES string of the molecule is CCCNC(=O)NC(=O)COC(=O)c1ccc(S(=O)(=O)Nc2ccc(C)cc2)cc1. The summed E-state index contributed by atoms with van der Waals surface area (Å²) in [5, 5.41) is 4.47. The number of amides is 3. The van der Waals surface area contributed by atoms with Gasteiger partial charge in [-0.3, -0.25) is 14.8 Å². The molecule has 0 radical (unpaired) electrons. The highest BCUT2D eigenvalue weighted by Crippen LogP contribution is 2.17. The van der Waals surface area contributed by atoms with Crippen LogP contribution in [-0.4, -0.2) is 39.5 Å². The molecule has 3 N–H and O–H groups in total. The molecule has 3 amide bonds. The normalized spacial score (nSPS) is 10.7. The van der Waals surface area contributed by atoms with E-state index in [9.17, 15) is 22.8 Å². The van der Waals surface area contributed by atoms with Gasteiger partial charge in [-0.1, -0.05) is 24.6 Å². The predicted octanol–water partition coefficient (Wildman–Crippen LogP) is 2.19. The van der Waals surface area contributed by atoms with Gasteiger partial charge in [-0.05, 0) is 49.7 Å². The summed E-state index contributed by atoms with van der Waals surface area (Å²) in [6.07, 6.45) is 0.711. The van der Waals surface area contributed by atoms with Crippen LogP contribution in [0, 0.1) is 6.92 Å². The number of aryl methyl sites for hydroxylation is 1. The Balaban J connectivity index is 1.92. The van der Waals surface area contributed by atoms with Gasteiger partial charge in [-0.25, -0.2) is 18.0 Å². The summed E-state index contributed by atoms with van der Waals surface area (Å²) in [4.78, 5) is 34.9. The maximum Gasteiger partial charge on any atom is 0.338 e. The topological polar surface area (TPSA) is 131 Å². The number of anilines is 1. The molecule has 0 heterocycles. The smallest absolute Gasteiger partial charge is 0.338 e. The molecule has 0 aliphatic rings. The first-order valence-corrected chi connectivity index (χ1v) is 10.6. The summed E-state index contributed by atoms with van der Waals surface area (Å²) in [5.41, 5.74) is 1.47. The van der Waals surface area contributed by atoms with Crippen LogP contribution in [0.25, 0.3) is 0 Å². The molecule has 0 fully saturated rings. The van der Waals surface area contributed by atoms with Crippen LogP contribution in [0.1, 0.15) is 29.3 Å². The molecule has 9 nitrogen and oxygen atoms in total. The van der Waals surface area contributed by atoms with E-state index in [0.717, 1.165) is 5.56 Å². The molecule has 0 spiro atoms. The lowest BCUT2D eigenvalue weighted by atomic mass is 10.2. The maximum absolute atomic E-state index is 12.4. The zero-order valence-corrected chi connectivity index (χ0v) is 17.4. The fourth-order valence-electron chi connectivity index (χ4n) is 2.27. The highest BCUT2D eigenvalue weighted by atomic mass is 32.2. The van der Waals surface area contributed by atoms with E-state index in [1.807, 2.05) is 19.2 Å². The third-order valence-corrected chi connectivity index (χ3v) is 5.22. The Morgan fingerprint density at radius 1 is 0.967 bits per heavy atom. The van der Waals surface area contributed by atoms with E-state index in [0.29, 0.717) is 18.7 Å². The first-order valence-electron chi connectivity index (χ1n) is 9.15. The lowest BCUT2D eigenvalue weighted by Crippen LogP contribution is -2.41. The standard InChI is InChI=1S/C20H23N3O6S/c1-3-12-21-20(26)22-18(24)13-29-19(25)15-6-10-17(11-7-15)30(27,28)23-16-8-4-14(2)5-9-16/h4-11,23H,3,12-13H2,1-2H3,(H2,21,22,24,26). The van der Waals surface area contributed by atoms with Gasteiger partial charge >= 0.3 is 12.0 Å². The van der Waals surface area contributed by atoms with Crippen molar-refractivity contribution in [2.45, 2.75) is 25.2 Å². The first kappa shape index (κ1) is 22.9. The number of carbonyl (C=O) groups excluding carboxylic acids is 3. The van der Waals surface area contributed by atoms with E-state index < -0.39 is 34.5 Å². The third-order valence-electron chi connectivity index (χ3n) is 3.83. The predicted molar refractivity (Wildman–Crippen MR) is 111 cm³/mol. The lowest BCUT2D eigenvalue weighted by molar-refractivity contribution is -0.123. The average molecular weight is 433 g/mol. The van der Waals surface area contributed by atoms with Crippen LogP contribution in [-0.2, 0) is 19.6 Å². The van der Waals surface area contributed by atoms with Gasteiger partial charge in [0.2, 0.25) is 0 Å². The van der Waals surface area contributed by atoms with Gasteiger partial charge in [0.15, 0.2) is 6.61 Å². The van der Waals surface area contributed by atoms with Gasteiger partial charge in [0.1, 0.15) is 0 Å². The Hall–Kier alpha value is -3.40. The molecule has 0 saturated heterocycles. The van der Waals surface area contributed by atoms with Crippen molar-refractivity contribution in [3.8, 4) is 0 Å². The summed E-state index contributed by atoms with van der Waals surface area (Å²) in [6.45, 7) is 3.51. The second kappa shape index (κ2) is 10.4. The molecule has 0 saturated carbocycles. The first-order chi connectivity index (χ1) is 14.2. The van der Waals surface area contributed by atoms with Gasteiger partial charge in [0.05, 0.1) is 10.5 Å². The molecule has 2 aromatic carbocycles. The summed E-state index contributed by atoms with van der Waals surface area (Å²) >= 11 is 0. The van der Waals surface area contributed by atoms with Crippen molar-refractivity contribution in [1.29, 1.82) is 0 Å². The van der Waals surface area contributed by atoms with Crippen molar-refractivity contribution < 1.29 is 27.5 Å². The Morgan fingerprint density at radius 2 is 1.60 bits per heavy atom. The molecular formula is C20H23N3O6S. The van der Waals surface area contributed by atoms with Gasteiger partial charge in [-0.2, -0.15) is 0 Å². The molecule has 2 aromatic rings. The van der Waals surface area contributed by atoms with Crippen LogP contribution >= 0.6 is 0 Å². The van der Waals surface area contributed by atoms with Crippen LogP contribution in [0.2, 0.25) is 0 Å². The molecule has 0 aromatic heterocycles. The van der Waals surface area contributed by atoms with Crippen LogP contribution in [0.15, 0.2) is 53.4 Å². The number of imide groups is 1. The van der Waals surface area contributed by atoms with E-state index in [4.69, 9.17) is 4.74 Å². The van der Waals surface area contributed by atoms with Crippen molar-refractivity contribution in [3.63, 3.8) is 0 Å². The van der Waals surface area contributed by atoms with Crippen molar-refractivity contribution >= 4 is 33.6 Å². The molecule has 0 bridgehead atoms. The van der Waals surface area contributed by atoms with Crippen LogP contribution in [0.5, 0.6) is 0 Å². The maximum atomic E-state index is 12.4. The minimum Gasteiger partial charge on any atom is -0.452 e. The van der Waals surface area contributed by atoms with Crippen LogP contribution < -0.4 is 15.4 Å². The van der Waals surface area contributed by atoms with Gasteiger partial charge < -0.3 is 10.1 Å². The molecule has 0 unspecified atom stereocenters. The Bertz CT molecular complexity index is 1000. The number of hydrogen-bond donors (Lipinski definition) is 3. The average Bonchev–Trinajstić information content (AvgIpc) is 2.72. The van der Waals surface area contributed by atoms with Gasteiger partial charge in [0.25, 0.3) is 15.9 Å². The number of sulfonamides is 1. The Morgan fingerprint density at radius 3 is 2.20 bits per heavy atom. The van der Waals surface area contributed by atoms with E-state index in [-0.39, 0.29) is 10.5 Å². The molecule has 0 atom stereocenters. The van der Waals surface area contributed by atoms with E-state index >= 15 is 0 Å². The van der Waals surface area contributed by atoms with Crippen molar-refractivity contribution in [1.82, 2.24) is 10.6 Å². The Kier molecular flexibility index (Phi) is 7.93. The van der Waals surface area contributed by atoms with E-state index in [1.165, 1.54) is 24.3 Å². The van der Waals surface area contributed by atoms with Crippen LogP contribution in [0.4, 0.5) is 10.5 Å². The minimum atomic E-state index is -3.83. The number of benzene rings is 2. The zero-order chi connectivity index (χ0) is 22.1. The molecule has 0 aliphatic heterocycles. The molecule has 2 rings (SSSR count). The molecular weight excluding hydrogens is 410 g/mol. The number of hydrogen-bond acceptors (Lipinski definition) is 6. The second-order valence-electron chi connectivity index (χ2n) is 6.38.